The number of hydrogen-bond acceptors (Lipinski definition) is 8. The molecule has 1 spiro atoms. The van der Waals surface area contributed by atoms with Crippen molar-refractivity contribution in [1.82, 2.24) is 14.8 Å². The highest BCUT2D eigenvalue weighted by atomic mass is 19.1. The molecule has 1 aromatic carbocycles. The summed E-state index contributed by atoms with van der Waals surface area (Å²) in [5, 5.41) is 13.9. The van der Waals surface area contributed by atoms with Crippen molar-refractivity contribution in [2.45, 2.75) is 52.2 Å². The lowest BCUT2D eigenvalue weighted by molar-refractivity contribution is -0.150. The van der Waals surface area contributed by atoms with E-state index < -0.39 is 23.0 Å². The van der Waals surface area contributed by atoms with Crippen molar-refractivity contribution in [2.24, 2.45) is 10.6 Å². The van der Waals surface area contributed by atoms with E-state index in [1.807, 2.05) is 26.0 Å². The van der Waals surface area contributed by atoms with Crippen molar-refractivity contribution >= 4 is 11.8 Å². The van der Waals surface area contributed by atoms with E-state index >= 15 is 0 Å². The normalized spacial score (nSPS) is 19.8. The molecule has 0 radical (unpaired) electrons. The van der Waals surface area contributed by atoms with Crippen molar-refractivity contribution in [2.75, 3.05) is 39.4 Å². The van der Waals surface area contributed by atoms with Crippen molar-refractivity contribution in [1.29, 1.82) is 0 Å². The fraction of sp³-hybridized carbons (Fsp3) is 0.536. The van der Waals surface area contributed by atoms with Gasteiger partial charge in [-0.05, 0) is 51.3 Å². The van der Waals surface area contributed by atoms with Crippen molar-refractivity contribution in [3.05, 3.63) is 41.6 Å². The number of carboxylic acids is 1. The fourth-order valence-corrected chi connectivity index (χ4v) is 5.56. The summed E-state index contributed by atoms with van der Waals surface area (Å²) < 4.78 is 39.9. The Morgan fingerprint density at radius 2 is 1.74 bits per heavy atom. The van der Waals surface area contributed by atoms with Gasteiger partial charge in [0.25, 0.3) is 0 Å². The molecular formula is C28H34F2N4O5. The maximum atomic E-state index is 14.7. The highest BCUT2D eigenvalue weighted by Gasteiger charge is 2.51. The minimum Gasteiger partial charge on any atom is -0.493 e. The Kier molecular flexibility index (Phi) is 7.37. The number of piperidine rings is 1. The van der Waals surface area contributed by atoms with E-state index in [4.69, 9.17) is 14.3 Å². The number of hydrogen-bond donors (Lipinski definition) is 1. The van der Waals surface area contributed by atoms with E-state index in [0.717, 1.165) is 23.7 Å². The molecule has 9 nitrogen and oxygen atoms in total. The van der Waals surface area contributed by atoms with Crippen LogP contribution < -0.4 is 9.47 Å². The molecule has 0 unspecified atom stereocenters. The zero-order valence-corrected chi connectivity index (χ0v) is 22.5. The number of carbonyl (C=O) groups is 1. The van der Waals surface area contributed by atoms with E-state index in [-0.39, 0.29) is 11.3 Å². The number of carboxylic acid groups (broad SMARTS) is 1. The monoisotopic (exact) mass is 544 g/mol. The van der Waals surface area contributed by atoms with Gasteiger partial charge < -0.3 is 24.3 Å². The van der Waals surface area contributed by atoms with Gasteiger partial charge in [-0.1, -0.05) is 5.16 Å². The molecule has 4 heterocycles. The summed E-state index contributed by atoms with van der Waals surface area (Å²) in [5.41, 5.74) is 0.193. The number of likely N-dealkylation sites (tertiary alicyclic amines) is 2. The number of oxime groups is 1. The smallest absolute Gasteiger partial charge is 0.309 e. The highest BCUT2D eigenvalue weighted by molar-refractivity contribution is 5.85. The zero-order chi connectivity index (χ0) is 27.8. The Balaban J connectivity index is 1.26. The zero-order valence-electron chi connectivity index (χ0n) is 22.5. The summed E-state index contributed by atoms with van der Waals surface area (Å²) in [6.45, 7) is 9.46. The second kappa shape index (κ2) is 10.6. The average molecular weight is 545 g/mol. The first-order chi connectivity index (χ1) is 18.6. The molecule has 1 aromatic heterocycles. The van der Waals surface area contributed by atoms with Crippen LogP contribution in [0, 0.1) is 17.0 Å². The first-order valence-electron chi connectivity index (χ1n) is 13.3. The number of aliphatic carboxylic acids is 1. The second-order valence-corrected chi connectivity index (χ2v) is 10.8. The van der Waals surface area contributed by atoms with E-state index in [1.165, 1.54) is 0 Å². The molecule has 0 aliphatic carbocycles. The molecule has 5 rings (SSSR count). The third-order valence-electron chi connectivity index (χ3n) is 7.77. The number of pyridine rings is 1. The predicted octanol–water partition coefficient (Wildman–Crippen LogP) is 4.30. The van der Waals surface area contributed by atoms with Crippen LogP contribution >= 0.6 is 0 Å². The van der Waals surface area contributed by atoms with Crippen LogP contribution in [-0.4, -0.2) is 76.7 Å². The molecule has 39 heavy (non-hydrogen) atoms. The lowest BCUT2D eigenvalue weighted by atomic mass is 9.80. The summed E-state index contributed by atoms with van der Waals surface area (Å²) in [5.74, 6) is -0.552. The summed E-state index contributed by atoms with van der Waals surface area (Å²) in [7, 11) is 0. The van der Waals surface area contributed by atoms with Gasteiger partial charge in [0.1, 0.15) is 28.8 Å². The number of amidine groups is 1. The van der Waals surface area contributed by atoms with E-state index in [0.29, 0.717) is 82.3 Å². The Labute approximate surface area is 226 Å². The molecule has 2 fully saturated rings. The second-order valence-electron chi connectivity index (χ2n) is 10.8. The Hall–Kier alpha value is -3.47. The molecule has 0 saturated carbocycles. The summed E-state index contributed by atoms with van der Waals surface area (Å²) in [6, 6.07) is 4.50. The number of rotatable bonds is 8. The van der Waals surface area contributed by atoms with Crippen LogP contribution in [-0.2, 0) is 16.2 Å². The lowest BCUT2D eigenvalue weighted by Crippen LogP contribution is -2.61. The molecule has 2 saturated heterocycles. The van der Waals surface area contributed by atoms with E-state index in [1.54, 1.807) is 6.92 Å². The van der Waals surface area contributed by atoms with Gasteiger partial charge in [0.05, 0.1) is 36.8 Å². The number of nitrogens with zero attached hydrogens (tertiary/aromatic N) is 4. The highest BCUT2D eigenvalue weighted by Crippen LogP contribution is 2.42. The maximum Gasteiger partial charge on any atom is 0.309 e. The summed E-state index contributed by atoms with van der Waals surface area (Å²) in [6.07, 6.45) is 2.83. The van der Waals surface area contributed by atoms with Crippen molar-refractivity contribution in [3.8, 4) is 22.8 Å². The molecule has 0 bridgehead atoms. The molecule has 3 aliphatic heterocycles. The topological polar surface area (TPSA) is 96.7 Å². The van der Waals surface area contributed by atoms with Gasteiger partial charge in [-0.25, -0.2) is 13.8 Å². The molecule has 0 amide bonds. The average Bonchev–Trinajstić information content (AvgIpc) is 3.31. The summed E-state index contributed by atoms with van der Waals surface area (Å²) in [4.78, 5) is 25.8. The molecular weight excluding hydrogens is 510 g/mol. The number of benzene rings is 1. The third-order valence-corrected chi connectivity index (χ3v) is 7.77. The predicted molar refractivity (Wildman–Crippen MR) is 140 cm³/mol. The Morgan fingerprint density at radius 1 is 1.10 bits per heavy atom. The van der Waals surface area contributed by atoms with Crippen LogP contribution in [0.3, 0.4) is 0 Å². The van der Waals surface area contributed by atoms with Gasteiger partial charge in [0.2, 0.25) is 0 Å². The summed E-state index contributed by atoms with van der Waals surface area (Å²) >= 11 is 0. The minimum absolute atomic E-state index is 0.0248. The van der Waals surface area contributed by atoms with Crippen LogP contribution in [0.4, 0.5) is 8.78 Å². The van der Waals surface area contributed by atoms with Gasteiger partial charge in [-0.2, -0.15) is 0 Å². The van der Waals surface area contributed by atoms with E-state index in [9.17, 15) is 18.7 Å². The standard InChI is InChI=1S/C28H34F2N4O5/c1-4-37-21-10-18(11-22(38-5-2)24(21)25-20(30)12-19(29)14-31-25)15-33-16-28(17-33)13-23(32-39-28)34-8-6-27(3,7-9-34)26(35)36/h10-12,14H,4-9,13,15-17H2,1-3H3,(H,35,36). The largest absolute Gasteiger partial charge is 0.493 e. The van der Waals surface area contributed by atoms with Crippen molar-refractivity contribution in [3.63, 3.8) is 0 Å². The van der Waals surface area contributed by atoms with Crippen LogP contribution in [0.15, 0.2) is 29.6 Å². The quantitative estimate of drug-likeness (QED) is 0.526. The van der Waals surface area contributed by atoms with Gasteiger partial charge >= 0.3 is 5.97 Å². The molecule has 0 atom stereocenters. The van der Waals surface area contributed by atoms with Crippen LogP contribution in [0.1, 0.15) is 45.6 Å². The first kappa shape index (κ1) is 27.1. The van der Waals surface area contributed by atoms with Gasteiger partial charge in [0, 0.05) is 38.8 Å². The van der Waals surface area contributed by atoms with Gasteiger partial charge in [-0.3, -0.25) is 9.69 Å². The molecule has 1 N–H and O–H groups in total. The van der Waals surface area contributed by atoms with Crippen LogP contribution in [0.5, 0.6) is 11.5 Å². The van der Waals surface area contributed by atoms with Crippen molar-refractivity contribution < 1.29 is 33.0 Å². The number of ether oxygens (including phenoxy) is 2. The number of halogens is 2. The number of aromatic nitrogens is 1. The van der Waals surface area contributed by atoms with Gasteiger partial charge in [-0.15, -0.1) is 0 Å². The third kappa shape index (κ3) is 5.36. The molecule has 2 aromatic rings. The Morgan fingerprint density at radius 3 is 2.31 bits per heavy atom. The lowest BCUT2D eigenvalue weighted by Gasteiger charge is -2.45. The van der Waals surface area contributed by atoms with Crippen LogP contribution in [0.25, 0.3) is 11.3 Å². The first-order valence-corrected chi connectivity index (χ1v) is 13.3. The molecule has 3 aliphatic rings. The minimum atomic E-state index is -0.787. The maximum absolute atomic E-state index is 14.7. The molecule has 11 heteroatoms. The molecule has 210 valence electrons. The Bertz CT molecular complexity index is 1250. The fourth-order valence-electron chi connectivity index (χ4n) is 5.56. The SMILES string of the molecule is CCOc1cc(CN2CC3(CC(N4CCC(C)(C(=O)O)CC4)=NO3)C2)cc(OCC)c1-c1ncc(F)cc1F. The van der Waals surface area contributed by atoms with E-state index in [2.05, 4.69) is 19.9 Å². The van der Waals surface area contributed by atoms with Gasteiger partial charge in [0.15, 0.2) is 11.4 Å². The van der Waals surface area contributed by atoms with Crippen LogP contribution in [0.2, 0.25) is 0 Å².